The van der Waals surface area contributed by atoms with E-state index in [0.29, 0.717) is 11.6 Å². The van der Waals surface area contributed by atoms with E-state index in [9.17, 15) is 4.79 Å². The average molecular weight is 205 g/mol. The van der Waals surface area contributed by atoms with Gasteiger partial charge in [-0.2, -0.15) is 5.10 Å². The lowest BCUT2D eigenvalue weighted by molar-refractivity contribution is 0.664. The molecule has 0 aromatic carbocycles. The molecule has 0 aliphatic carbocycles. The number of nitrogens with zero attached hydrogens (tertiary/aromatic N) is 2. The topological polar surface area (TPSA) is 50.2 Å². The predicted octanol–water partition coefficient (Wildman–Crippen LogP) is 1.93. The third kappa shape index (κ3) is 1.79. The highest BCUT2D eigenvalue weighted by atomic mass is 16.1. The van der Waals surface area contributed by atoms with Crippen LogP contribution in [-0.2, 0) is 0 Å². The number of aromatic nitrogens is 3. The number of rotatable bonds is 3. The molecule has 4 heteroatoms. The zero-order chi connectivity index (χ0) is 10.8. The molecule has 0 aliphatic heterocycles. The van der Waals surface area contributed by atoms with Crippen LogP contribution in [0, 0.1) is 0 Å². The predicted molar refractivity (Wildman–Crippen MR) is 59.1 cm³/mol. The van der Waals surface area contributed by atoms with Crippen LogP contribution in [-0.4, -0.2) is 14.6 Å². The molecule has 0 radical (unpaired) electrons. The summed E-state index contributed by atoms with van der Waals surface area (Å²) < 4.78 is 1.52. The molecule has 0 saturated carbocycles. The first-order chi connectivity index (χ1) is 7.22. The summed E-state index contributed by atoms with van der Waals surface area (Å²) in [4.78, 5) is 11.2. The molecule has 0 saturated heterocycles. The zero-order valence-corrected chi connectivity index (χ0v) is 9.03. The fourth-order valence-corrected chi connectivity index (χ4v) is 1.83. The smallest absolute Gasteiger partial charge is 0.250 e. The quantitative estimate of drug-likeness (QED) is 0.832. The maximum absolute atomic E-state index is 11.2. The summed E-state index contributed by atoms with van der Waals surface area (Å²) in [5.41, 5.74) is 1.75. The van der Waals surface area contributed by atoms with Gasteiger partial charge in [0.15, 0.2) is 5.65 Å². The van der Waals surface area contributed by atoms with Crippen molar-refractivity contribution in [3.8, 4) is 0 Å². The highest BCUT2D eigenvalue weighted by Gasteiger charge is 2.06. The van der Waals surface area contributed by atoms with Crippen LogP contribution in [0.2, 0.25) is 0 Å². The first-order valence-electron chi connectivity index (χ1n) is 5.29. The van der Waals surface area contributed by atoms with Crippen LogP contribution in [0.5, 0.6) is 0 Å². The highest BCUT2D eigenvalue weighted by molar-refractivity contribution is 5.40. The summed E-state index contributed by atoms with van der Waals surface area (Å²) in [6.45, 7) is 4.37. The molecule has 1 N–H and O–H groups in total. The number of hydrogen-bond acceptors (Lipinski definition) is 2. The van der Waals surface area contributed by atoms with Crippen LogP contribution in [0.3, 0.4) is 0 Å². The Hall–Kier alpha value is -1.58. The molecule has 0 amide bonds. The number of fused-ring (bicyclic) bond motifs is 1. The van der Waals surface area contributed by atoms with Crippen molar-refractivity contribution in [1.29, 1.82) is 0 Å². The van der Waals surface area contributed by atoms with Gasteiger partial charge in [0.05, 0.1) is 0 Å². The lowest BCUT2D eigenvalue weighted by Gasteiger charge is -2.09. The van der Waals surface area contributed by atoms with Gasteiger partial charge in [-0.3, -0.25) is 4.40 Å². The van der Waals surface area contributed by atoms with Crippen molar-refractivity contribution in [2.24, 2.45) is 0 Å². The summed E-state index contributed by atoms with van der Waals surface area (Å²) in [5, 5.41) is 6.38. The molecular weight excluding hydrogens is 190 g/mol. The van der Waals surface area contributed by atoms with E-state index in [4.69, 9.17) is 0 Å². The molecule has 0 aliphatic rings. The Morgan fingerprint density at radius 3 is 3.13 bits per heavy atom. The molecule has 2 rings (SSSR count). The van der Waals surface area contributed by atoms with E-state index in [2.05, 4.69) is 24.0 Å². The van der Waals surface area contributed by atoms with E-state index in [-0.39, 0.29) is 5.69 Å². The lowest BCUT2D eigenvalue weighted by Crippen LogP contribution is -2.08. The molecule has 1 atom stereocenters. The van der Waals surface area contributed by atoms with Gasteiger partial charge in [0.2, 0.25) is 0 Å². The maximum Gasteiger partial charge on any atom is 0.347 e. The van der Waals surface area contributed by atoms with Crippen molar-refractivity contribution in [2.45, 2.75) is 32.6 Å². The van der Waals surface area contributed by atoms with Gasteiger partial charge in [-0.1, -0.05) is 20.3 Å². The van der Waals surface area contributed by atoms with Crippen molar-refractivity contribution < 1.29 is 0 Å². The van der Waals surface area contributed by atoms with Crippen molar-refractivity contribution in [2.75, 3.05) is 0 Å². The SMILES string of the molecule is CCCC(C)c1ccn2c(=O)[nH]nc2c1. The van der Waals surface area contributed by atoms with Crippen molar-refractivity contribution in [3.05, 3.63) is 34.4 Å². The van der Waals surface area contributed by atoms with E-state index in [1.54, 1.807) is 6.20 Å². The van der Waals surface area contributed by atoms with Crippen molar-refractivity contribution >= 4 is 5.65 Å². The van der Waals surface area contributed by atoms with Gasteiger partial charge in [-0.05, 0) is 30.0 Å². The summed E-state index contributed by atoms with van der Waals surface area (Å²) in [6, 6.07) is 3.96. The molecule has 2 heterocycles. The van der Waals surface area contributed by atoms with Gasteiger partial charge < -0.3 is 0 Å². The van der Waals surface area contributed by atoms with Crippen LogP contribution in [0.4, 0.5) is 0 Å². The Bertz CT molecular complexity index is 512. The zero-order valence-electron chi connectivity index (χ0n) is 9.03. The molecule has 2 aromatic rings. The summed E-state index contributed by atoms with van der Waals surface area (Å²) >= 11 is 0. The van der Waals surface area contributed by atoms with E-state index < -0.39 is 0 Å². The molecule has 2 aromatic heterocycles. The second kappa shape index (κ2) is 3.88. The van der Waals surface area contributed by atoms with E-state index >= 15 is 0 Å². The Morgan fingerprint density at radius 1 is 1.60 bits per heavy atom. The van der Waals surface area contributed by atoms with Gasteiger partial charge in [-0.15, -0.1) is 0 Å². The lowest BCUT2D eigenvalue weighted by atomic mass is 9.98. The monoisotopic (exact) mass is 205 g/mol. The van der Waals surface area contributed by atoms with E-state index in [1.807, 2.05) is 12.1 Å². The summed E-state index contributed by atoms with van der Waals surface area (Å²) in [5.74, 6) is 0.520. The summed E-state index contributed by atoms with van der Waals surface area (Å²) in [7, 11) is 0. The third-order valence-corrected chi connectivity index (χ3v) is 2.73. The third-order valence-electron chi connectivity index (χ3n) is 2.73. The molecular formula is C11H15N3O. The minimum Gasteiger partial charge on any atom is -0.250 e. The normalized spacial score (nSPS) is 13.2. The minimum absolute atomic E-state index is 0.181. The number of H-pyrrole nitrogens is 1. The molecule has 0 spiro atoms. The molecule has 1 unspecified atom stereocenters. The van der Waals surface area contributed by atoms with Crippen LogP contribution >= 0.6 is 0 Å². The molecule has 0 bridgehead atoms. The Kier molecular flexibility index (Phi) is 2.58. The largest absolute Gasteiger partial charge is 0.347 e. The Balaban J connectivity index is 2.43. The standard InChI is InChI=1S/C11H15N3O/c1-3-4-8(2)9-5-6-14-10(7-9)12-13-11(14)15/h5-8H,3-4H2,1-2H3,(H,13,15). The number of nitrogens with one attached hydrogen (secondary N) is 1. The van der Waals surface area contributed by atoms with Gasteiger partial charge in [0.25, 0.3) is 0 Å². The minimum atomic E-state index is -0.181. The number of pyridine rings is 1. The van der Waals surface area contributed by atoms with Gasteiger partial charge in [-0.25, -0.2) is 9.89 Å². The van der Waals surface area contributed by atoms with Crippen LogP contribution in [0.15, 0.2) is 23.1 Å². The first kappa shape index (κ1) is 9.96. The molecule has 4 nitrogen and oxygen atoms in total. The van der Waals surface area contributed by atoms with Crippen LogP contribution in [0.25, 0.3) is 5.65 Å². The second-order valence-electron chi connectivity index (χ2n) is 3.91. The van der Waals surface area contributed by atoms with E-state index in [0.717, 1.165) is 6.42 Å². The van der Waals surface area contributed by atoms with Crippen LogP contribution < -0.4 is 5.69 Å². The fraction of sp³-hybridized carbons (Fsp3) is 0.455. The van der Waals surface area contributed by atoms with Gasteiger partial charge in [0, 0.05) is 6.20 Å². The number of hydrogen-bond donors (Lipinski definition) is 1. The highest BCUT2D eigenvalue weighted by Crippen LogP contribution is 2.20. The Morgan fingerprint density at radius 2 is 2.40 bits per heavy atom. The van der Waals surface area contributed by atoms with Crippen LogP contribution in [0.1, 0.15) is 38.2 Å². The van der Waals surface area contributed by atoms with E-state index in [1.165, 1.54) is 16.4 Å². The fourth-order valence-electron chi connectivity index (χ4n) is 1.83. The van der Waals surface area contributed by atoms with Gasteiger partial charge in [0.1, 0.15) is 0 Å². The number of aromatic amines is 1. The Labute approximate surface area is 87.9 Å². The molecule has 80 valence electrons. The van der Waals surface area contributed by atoms with Gasteiger partial charge >= 0.3 is 5.69 Å². The maximum atomic E-state index is 11.2. The van der Waals surface area contributed by atoms with Crippen molar-refractivity contribution in [3.63, 3.8) is 0 Å². The molecule has 15 heavy (non-hydrogen) atoms. The first-order valence-corrected chi connectivity index (χ1v) is 5.29. The van der Waals surface area contributed by atoms with Crippen molar-refractivity contribution in [1.82, 2.24) is 14.6 Å². The summed E-state index contributed by atoms with van der Waals surface area (Å²) in [6.07, 6.45) is 4.10. The second-order valence-corrected chi connectivity index (χ2v) is 3.91. The average Bonchev–Trinajstić information content (AvgIpc) is 2.60. The molecule has 0 fully saturated rings.